The summed E-state index contributed by atoms with van der Waals surface area (Å²) in [5.74, 6) is 0. The van der Waals surface area contributed by atoms with Gasteiger partial charge in [-0.2, -0.15) is 0 Å². The Morgan fingerprint density at radius 2 is 0.500 bits per heavy atom. The first-order valence-electron chi connectivity index (χ1n) is 19.3. The van der Waals surface area contributed by atoms with Crippen LogP contribution in [0.5, 0.6) is 0 Å². The van der Waals surface area contributed by atoms with Crippen molar-refractivity contribution in [3.05, 3.63) is 0 Å². The zero-order chi connectivity index (χ0) is 29.0. The average molecular weight is 565 g/mol. The molecule has 2 heteroatoms. The van der Waals surface area contributed by atoms with Gasteiger partial charge in [0.2, 0.25) is 0 Å². The predicted octanol–water partition coefficient (Wildman–Crippen LogP) is 13.0. The molecule has 40 heavy (non-hydrogen) atoms. The molecule has 0 aromatic heterocycles. The third kappa shape index (κ3) is 34.1. The molecule has 0 spiro atoms. The van der Waals surface area contributed by atoms with Gasteiger partial charge in [-0.1, -0.05) is 207 Å². The van der Waals surface area contributed by atoms with E-state index >= 15 is 0 Å². The largest absolute Gasteiger partial charge is 0.302 e. The first-order chi connectivity index (χ1) is 19.8. The highest BCUT2D eigenvalue weighted by molar-refractivity contribution is 4.65. The van der Waals surface area contributed by atoms with Crippen LogP contribution < -0.4 is 10.6 Å². The summed E-state index contributed by atoms with van der Waals surface area (Å²) >= 11 is 0. The Balaban J connectivity index is 3.54. The quantitative estimate of drug-likeness (QED) is 0.0584. The van der Waals surface area contributed by atoms with Gasteiger partial charge in [0.1, 0.15) is 0 Å². The summed E-state index contributed by atoms with van der Waals surface area (Å²) in [6, 6.07) is 0. The second-order valence-corrected chi connectivity index (χ2v) is 13.1. The van der Waals surface area contributed by atoms with Crippen LogP contribution in [0.2, 0.25) is 0 Å². The highest BCUT2D eigenvalue weighted by atomic mass is 15.1. The minimum Gasteiger partial charge on any atom is -0.302 e. The third-order valence-electron chi connectivity index (χ3n) is 8.94. The highest BCUT2D eigenvalue weighted by Gasteiger charge is 2.06. The Morgan fingerprint density at radius 1 is 0.275 bits per heavy atom. The molecule has 0 saturated carbocycles. The van der Waals surface area contributed by atoms with Gasteiger partial charge in [0.15, 0.2) is 0 Å². The van der Waals surface area contributed by atoms with Gasteiger partial charge in [-0.15, -0.1) is 0 Å². The average Bonchev–Trinajstić information content (AvgIpc) is 2.96. The molecule has 0 amide bonds. The monoisotopic (exact) mass is 565 g/mol. The molecular formula is C38H80N2. The first-order valence-corrected chi connectivity index (χ1v) is 19.3. The Kier molecular flexibility index (Phi) is 36.9. The van der Waals surface area contributed by atoms with Gasteiger partial charge in [-0.05, 0) is 32.4 Å². The summed E-state index contributed by atoms with van der Waals surface area (Å²) in [7, 11) is 0. The maximum Gasteiger partial charge on any atom is 0.0571 e. The molecule has 0 fully saturated rings. The topological polar surface area (TPSA) is 24.1 Å². The highest BCUT2D eigenvalue weighted by Crippen LogP contribution is 2.14. The van der Waals surface area contributed by atoms with Crippen LogP contribution in [0.3, 0.4) is 0 Å². The van der Waals surface area contributed by atoms with E-state index in [-0.39, 0.29) is 0 Å². The number of nitrogens with one attached hydrogen (secondary N) is 2. The summed E-state index contributed by atoms with van der Waals surface area (Å²) in [5, 5.41) is 7.72. The Bertz CT molecular complexity index is 390. The molecule has 0 saturated heterocycles. The molecule has 0 radical (unpaired) electrons. The van der Waals surface area contributed by atoms with E-state index in [0.29, 0.717) is 6.17 Å². The van der Waals surface area contributed by atoms with Crippen LogP contribution in [-0.2, 0) is 0 Å². The molecule has 2 N–H and O–H groups in total. The number of unbranched alkanes of at least 4 members (excludes halogenated alkanes) is 28. The second kappa shape index (κ2) is 36.9. The Morgan fingerprint density at radius 3 is 0.775 bits per heavy atom. The number of hydrogen-bond acceptors (Lipinski definition) is 2. The summed E-state index contributed by atoms with van der Waals surface area (Å²) in [6.07, 6.45) is 46.3. The first kappa shape index (κ1) is 39.9. The zero-order valence-corrected chi connectivity index (χ0v) is 28.6. The SMILES string of the molecule is CCCCCCCCCCCCCCCCNC(CCCCC)NCCCCCCCCCCCCCCCC. The van der Waals surface area contributed by atoms with E-state index in [1.807, 2.05) is 0 Å². The molecule has 0 rings (SSSR count). The molecule has 0 aromatic carbocycles. The van der Waals surface area contributed by atoms with E-state index in [2.05, 4.69) is 31.4 Å². The molecule has 0 aliphatic carbocycles. The van der Waals surface area contributed by atoms with Crippen LogP contribution in [-0.4, -0.2) is 19.3 Å². The predicted molar refractivity (Wildman–Crippen MR) is 185 cm³/mol. The summed E-state index contributed by atoms with van der Waals surface area (Å²) in [6.45, 7) is 9.32. The van der Waals surface area contributed by atoms with Crippen LogP contribution >= 0.6 is 0 Å². The lowest BCUT2D eigenvalue weighted by Gasteiger charge is -2.20. The maximum atomic E-state index is 3.86. The van der Waals surface area contributed by atoms with Crippen LogP contribution in [0.4, 0.5) is 0 Å². The second-order valence-electron chi connectivity index (χ2n) is 13.1. The normalized spacial score (nSPS) is 11.7. The molecule has 0 atom stereocenters. The van der Waals surface area contributed by atoms with Crippen LogP contribution in [0.25, 0.3) is 0 Å². The minimum atomic E-state index is 0.537. The molecule has 0 aromatic rings. The molecule has 0 unspecified atom stereocenters. The van der Waals surface area contributed by atoms with Gasteiger partial charge in [0, 0.05) is 0 Å². The summed E-state index contributed by atoms with van der Waals surface area (Å²) in [4.78, 5) is 0. The van der Waals surface area contributed by atoms with E-state index in [9.17, 15) is 0 Å². The lowest BCUT2D eigenvalue weighted by atomic mass is 10.0. The number of hydrogen-bond donors (Lipinski definition) is 2. The van der Waals surface area contributed by atoms with Crippen molar-refractivity contribution in [3.8, 4) is 0 Å². The van der Waals surface area contributed by atoms with Crippen LogP contribution in [0.1, 0.15) is 226 Å². The van der Waals surface area contributed by atoms with Gasteiger partial charge in [-0.3, -0.25) is 0 Å². The van der Waals surface area contributed by atoms with Gasteiger partial charge in [-0.25, -0.2) is 0 Å². The van der Waals surface area contributed by atoms with Gasteiger partial charge in [0.05, 0.1) is 6.17 Å². The molecule has 0 aliphatic heterocycles. The summed E-state index contributed by atoms with van der Waals surface area (Å²) in [5.41, 5.74) is 0. The van der Waals surface area contributed by atoms with Crippen LogP contribution in [0.15, 0.2) is 0 Å². The lowest BCUT2D eigenvalue weighted by molar-refractivity contribution is 0.377. The van der Waals surface area contributed by atoms with E-state index in [4.69, 9.17) is 0 Å². The molecule has 0 heterocycles. The van der Waals surface area contributed by atoms with Crippen molar-refractivity contribution in [2.45, 2.75) is 232 Å². The van der Waals surface area contributed by atoms with Crippen molar-refractivity contribution in [3.63, 3.8) is 0 Å². The fourth-order valence-corrected chi connectivity index (χ4v) is 6.07. The molecule has 242 valence electrons. The van der Waals surface area contributed by atoms with Crippen molar-refractivity contribution in [2.75, 3.05) is 13.1 Å². The summed E-state index contributed by atoms with van der Waals surface area (Å²) < 4.78 is 0. The lowest BCUT2D eigenvalue weighted by Crippen LogP contribution is -2.43. The van der Waals surface area contributed by atoms with Crippen molar-refractivity contribution in [2.24, 2.45) is 0 Å². The molecular weight excluding hydrogens is 484 g/mol. The van der Waals surface area contributed by atoms with Gasteiger partial charge < -0.3 is 10.6 Å². The fourth-order valence-electron chi connectivity index (χ4n) is 6.07. The molecule has 0 bridgehead atoms. The zero-order valence-electron chi connectivity index (χ0n) is 28.6. The molecule has 0 aliphatic rings. The van der Waals surface area contributed by atoms with E-state index in [1.54, 1.807) is 0 Å². The fraction of sp³-hybridized carbons (Fsp3) is 1.00. The van der Waals surface area contributed by atoms with Crippen LogP contribution in [0, 0.1) is 0 Å². The van der Waals surface area contributed by atoms with Gasteiger partial charge >= 0.3 is 0 Å². The van der Waals surface area contributed by atoms with E-state index in [0.717, 1.165) is 0 Å². The van der Waals surface area contributed by atoms with Gasteiger partial charge in [0.25, 0.3) is 0 Å². The standard InChI is InChI=1S/C38H80N2/c1-4-7-10-12-14-16-18-20-22-24-26-28-30-33-36-39-38(35-32-9-6-3)40-37-34-31-29-27-25-23-21-19-17-15-13-11-8-5-2/h38-40H,4-37H2,1-3H3. The molecule has 2 nitrogen and oxygen atoms in total. The maximum absolute atomic E-state index is 3.86. The van der Waals surface area contributed by atoms with E-state index < -0.39 is 0 Å². The third-order valence-corrected chi connectivity index (χ3v) is 8.94. The Labute approximate surface area is 255 Å². The van der Waals surface area contributed by atoms with E-state index in [1.165, 1.54) is 219 Å². The van der Waals surface area contributed by atoms with Crippen molar-refractivity contribution >= 4 is 0 Å². The van der Waals surface area contributed by atoms with Crippen molar-refractivity contribution < 1.29 is 0 Å². The van der Waals surface area contributed by atoms with Crippen molar-refractivity contribution in [1.29, 1.82) is 0 Å². The Hall–Kier alpha value is -0.0800. The van der Waals surface area contributed by atoms with Crippen molar-refractivity contribution in [1.82, 2.24) is 10.6 Å². The minimum absolute atomic E-state index is 0.537. The number of rotatable bonds is 36. The smallest absolute Gasteiger partial charge is 0.0571 e.